The number of hydrogen-bond acceptors (Lipinski definition) is 5. The second-order valence-electron chi connectivity index (χ2n) is 7.42. The molecule has 0 saturated heterocycles. The Hall–Kier alpha value is -3.88. The van der Waals surface area contributed by atoms with E-state index in [1.165, 1.54) is 23.1 Å². The van der Waals surface area contributed by atoms with E-state index in [4.69, 9.17) is 27.9 Å². The predicted molar refractivity (Wildman–Crippen MR) is 137 cm³/mol. The fourth-order valence-corrected chi connectivity index (χ4v) is 3.73. The molecule has 35 heavy (non-hydrogen) atoms. The average Bonchev–Trinajstić information content (AvgIpc) is 2.87. The molecule has 0 saturated carbocycles. The van der Waals surface area contributed by atoms with Gasteiger partial charge in [0, 0.05) is 24.5 Å². The Morgan fingerprint density at radius 3 is 2.46 bits per heavy atom. The Labute approximate surface area is 211 Å². The lowest BCUT2D eigenvalue weighted by Gasteiger charge is -2.13. The van der Waals surface area contributed by atoms with Crippen LogP contribution in [0.2, 0.25) is 10.0 Å². The molecule has 4 rings (SSSR count). The highest BCUT2D eigenvalue weighted by Crippen LogP contribution is 2.29. The van der Waals surface area contributed by atoms with Gasteiger partial charge in [0.25, 0.3) is 5.56 Å². The van der Waals surface area contributed by atoms with Crippen molar-refractivity contribution >= 4 is 40.6 Å². The van der Waals surface area contributed by atoms with Gasteiger partial charge in [-0.25, -0.2) is 9.48 Å². The Morgan fingerprint density at radius 2 is 1.74 bits per heavy atom. The quantitative estimate of drug-likeness (QED) is 0.325. The number of aromatic nitrogens is 3. The summed E-state index contributed by atoms with van der Waals surface area (Å²) in [5.41, 5.74) is 2.05. The molecule has 2 heterocycles. The van der Waals surface area contributed by atoms with Crippen LogP contribution in [0.15, 0.2) is 77.9 Å². The molecule has 2 amide bonds. The number of nitrogens with one attached hydrogen (secondary N) is 2. The van der Waals surface area contributed by atoms with Crippen molar-refractivity contribution in [1.82, 2.24) is 14.8 Å². The van der Waals surface area contributed by atoms with Crippen molar-refractivity contribution in [3.05, 3.63) is 99.0 Å². The molecule has 2 N–H and O–H groups in total. The maximum absolute atomic E-state index is 12.8. The molecule has 4 aromatic rings. The SMILES string of the molecule is CCn1nc(-c2cccc(OCc3ccccc3)c2)cc(NC(=O)Nc2c(Cl)cncc2Cl)c1=O. The first-order valence-electron chi connectivity index (χ1n) is 10.7. The molecule has 0 atom stereocenters. The number of carbonyl (C=O) groups is 1. The summed E-state index contributed by atoms with van der Waals surface area (Å²) < 4.78 is 7.18. The van der Waals surface area contributed by atoms with E-state index in [1.54, 1.807) is 6.92 Å². The molecule has 0 spiro atoms. The summed E-state index contributed by atoms with van der Waals surface area (Å²) in [5, 5.41) is 9.88. The predicted octanol–water partition coefficient (Wildman–Crippen LogP) is 5.86. The number of nitrogens with zero attached hydrogens (tertiary/aromatic N) is 3. The van der Waals surface area contributed by atoms with Crippen molar-refractivity contribution in [3.8, 4) is 17.0 Å². The van der Waals surface area contributed by atoms with Crippen LogP contribution in [-0.2, 0) is 13.2 Å². The van der Waals surface area contributed by atoms with Crippen LogP contribution in [0.25, 0.3) is 11.3 Å². The number of carbonyl (C=O) groups excluding carboxylic acids is 1. The van der Waals surface area contributed by atoms with Gasteiger partial charge in [-0.3, -0.25) is 9.78 Å². The Morgan fingerprint density at radius 1 is 1.00 bits per heavy atom. The zero-order valence-electron chi connectivity index (χ0n) is 18.7. The van der Waals surface area contributed by atoms with E-state index in [2.05, 4.69) is 20.7 Å². The van der Waals surface area contributed by atoms with Crippen LogP contribution in [0.3, 0.4) is 0 Å². The lowest BCUT2D eigenvalue weighted by atomic mass is 10.1. The highest BCUT2D eigenvalue weighted by atomic mass is 35.5. The van der Waals surface area contributed by atoms with E-state index in [1.807, 2.05) is 54.6 Å². The van der Waals surface area contributed by atoms with E-state index in [-0.39, 0.29) is 21.4 Å². The third-order valence-electron chi connectivity index (χ3n) is 4.99. The van der Waals surface area contributed by atoms with Crippen molar-refractivity contribution in [2.75, 3.05) is 10.6 Å². The van der Waals surface area contributed by atoms with E-state index in [9.17, 15) is 9.59 Å². The number of halogens is 2. The minimum Gasteiger partial charge on any atom is -0.489 e. The third-order valence-corrected chi connectivity index (χ3v) is 5.57. The number of benzene rings is 2. The molecule has 0 fully saturated rings. The lowest BCUT2D eigenvalue weighted by Crippen LogP contribution is -2.29. The second kappa shape index (κ2) is 11.0. The second-order valence-corrected chi connectivity index (χ2v) is 8.24. The minimum absolute atomic E-state index is 0.0475. The number of amides is 2. The van der Waals surface area contributed by atoms with E-state index in [0.717, 1.165) is 11.1 Å². The van der Waals surface area contributed by atoms with Crippen molar-refractivity contribution in [2.45, 2.75) is 20.1 Å². The van der Waals surface area contributed by atoms with Gasteiger partial charge in [-0.1, -0.05) is 65.7 Å². The first-order valence-corrected chi connectivity index (χ1v) is 11.5. The fourth-order valence-electron chi connectivity index (χ4n) is 3.27. The molecule has 0 aliphatic heterocycles. The summed E-state index contributed by atoms with van der Waals surface area (Å²) in [5.74, 6) is 0.650. The standard InChI is InChI=1S/C25H21Cl2N5O3/c1-2-32-24(33)22(29-25(34)30-23-19(26)13-28-14-20(23)27)12-21(31-32)17-9-6-10-18(11-17)35-15-16-7-4-3-5-8-16/h3-14H,2,15H2,1H3,(H2,28,29,30,34). The molecule has 8 nitrogen and oxygen atoms in total. The highest BCUT2D eigenvalue weighted by Gasteiger charge is 2.15. The third kappa shape index (κ3) is 5.98. The van der Waals surface area contributed by atoms with Gasteiger partial charge in [-0.2, -0.15) is 5.10 Å². The number of pyridine rings is 1. The zero-order valence-corrected chi connectivity index (χ0v) is 20.2. The normalized spacial score (nSPS) is 10.6. The number of urea groups is 1. The van der Waals surface area contributed by atoms with Gasteiger partial charge in [0.1, 0.15) is 18.0 Å². The van der Waals surface area contributed by atoms with Crippen LogP contribution in [0, 0.1) is 0 Å². The number of hydrogen-bond donors (Lipinski definition) is 2. The van der Waals surface area contributed by atoms with Gasteiger partial charge in [-0.15, -0.1) is 0 Å². The molecule has 0 bridgehead atoms. The molecular formula is C25H21Cl2N5O3. The van der Waals surface area contributed by atoms with Crippen molar-refractivity contribution < 1.29 is 9.53 Å². The number of ether oxygens (including phenoxy) is 1. The summed E-state index contributed by atoms with van der Waals surface area (Å²) in [6.45, 7) is 2.52. The van der Waals surface area contributed by atoms with Gasteiger partial charge in [-0.05, 0) is 30.7 Å². The molecule has 0 aliphatic rings. The highest BCUT2D eigenvalue weighted by molar-refractivity contribution is 6.39. The Balaban J connectivity index is 1.58. The Bertz CT molecular complexity index is 1390. The maximum atomic E-state index is 12.8. The number of aryl methyl sites for hydroxylation is 1. The molecular weight excluding hydrogens is 489 g/mol. The summed E-state index contributed by atoms with van der Waals surface area (Å²) >= 11 is 12.1. The van der Waals surface area contributed by atoms with Crippen LogP contribution < -0.4 is 20.9 Å². The molecule has 0 radical (unpaired) electrons. The zero-order chi connectivity index (χ0) is 24.8. The molecule has 2 aromatic heterocycles. The van der Waals surface area contributed by atoms with Crippen LogP contribution >= 0.6 is 23.2 Å². The van der Waals surface area contributed by atoms with Gasteiger partial charge in [0.15, 0.2) is 0 Å². The summed E-state index contributed by atoms with van der Waals surface area (Å²) in [7, 11) is 0. The monoisotopic (exact) mass is 509 g/mol. The van der Waals surface area contributed by atoms with Crippen LogP contribution in [-0.4, -0.2) is 20.8 Å². The maximum Gasteiger partial charge on any atom is 0.323 e. The number of rotatable bonds is 7. The largest absolute Gasteiger partial charge is 0.489 e. The van der Waals surface area contributed by atoms with Crippen LogP contribution in [0.4, 0.5) is 16.2 Å². The minimum atomic E-state index is -0.683. The molecule has 0 aliphatic carbocycles. The Kier molecular flexibility index (Phi) is 7.64. The van der Waals surface area contributed by atoms with Crippen molar-refractivity contribution in [2.24, 2.45) is 0 Å². The fraction of sp³-hybridized carbons (Fsp3) is 0.120. The topological polar surface area (TPSA) is 98.1 Å². The molecule has 178 valence electrons. The summed E-state index contributed by atoms with van der Waals surface area (Å²) in [6, 6.07) is 18.0. The van der Waals surface area contributed by atoms with Crippen LogP contribution in [0.1, 0.15) is 12.5 Å². The van der Waals surface area contributed by atoms with Gasteiger partial charge >= 0.3 is 6.03 Å². The van der Waals surface area contributed by atoms with E-state index < -0.39 is 11.6 Å². The van der Waals surface area contributed by atoms with E-state index in [0.29, 0.717) is 24.6 Å². The summed E-state index contributed by atoms with van der Waals surface area (Å²) in [6.07, 6.45) is 2.70. The summed E-state index contributed by atoms with van der Waals surface area (Å²) in [4.78, 5) is 29.3. The van der Waals surface area contributed by atoms with E-state index >= 15 is 0 Å². The first kappa shape index (κ1) is 24.3. The van der Waals surface area contributed by atoms with Crippen molar-refractivity contribution in [3.63, 3.8) is 0 Å². The lowest BCUT2D eigenvalue weighted by molar-refractivity contribution is 0.262. The van der Waals surface area contributed by atoms with Crippen LogP contribution in [0.5, 0.6) is 5.75 Å². The van der Waals surface area contributed by atoms with Gasteiger partial charge in [0.2, 0.25) is 0 Å². The van der Waals surface area contributed by atoms with Gasteiger partial charge in [0.05, 0.1) is 21.4 Å². The molecule has 10 heteroatoms. The average molecular weight is 510 g/mol. The van der Waals surface area contributed by atoms with Crippen molar-refractivity contribution in [1.29, 1.82) is 0 Å². The first-order chi connectivity index (χ1) is 16.9. The smallest absolute Gasteiger partial charge is 0.323 e. The molecule has 2 aromatic carbocycles. The number of anilines is 2. The van der Waals surface area contributed by atoms with Gasteiger partial charge < -0.3 is 15.4 Å². The molecule has 0 unspecified atom stereocenters.